The van der Waals surface area contributed by atoms with E-state index in [4.69, 9.17) is 16.7 Å². The van der Waals surface area contributed by atoms with Crippen molar-refractivity contribution in [2.24, 2.45) is 5.41 Å². The molecule has 0 radical (unpaired) electrons. The van der Waals surface area contributed by atoms with Crippen LogP contribution in [0.4, 0.5) is 13.2 Å². The predicted octanol–water partition coefficient (Wildman–Crippen LogP) is 3.53. The molecule has 4 nitrogen and oxygen atoms in total. The summed E-state index contributed by atoms with van der Waals surface area (Å²) < 4.78 is 39.2. The molecule has 8 heteroatoms. The molecule has 2 rings (SSSR count). The molecule has 1 heterocycles. The number of rotatable bonds is 5. The summed E-state index contributed by atoms with van der Waals surface area (Å²) in [5.74, 6) is -2.37. The summed E-state index contributed by atoms with van der Waals surface area (Å²) in [7, 11) is 0. The maximum Gasteiger partial charge on any atom is 0.406 e. The van der Waals surface area contributed by atoms with Crippen molar-refractivity contribution in [1.82, 2.24) is 4.90 Å². The van der Waals surface area contributed by atoms with Crippen molar-refractivity contribution in [3.63, 3.8) is 0 Å². The van der Waals surface area contributed by atoms with E-state index in [2.05, 4.69) is 0 Å². The van der Waals surface area contributed by atoms with Gasteiger partial charge in [0.1, 0.15) is 0 Å². The number of carbonyl (C=O) groups excluding carboxylic acids is 1. The third kappa shape index (κ3) is 3.83. The Morgan fingerprint density at radius 2 is 1.88 bits per heavy atom. The number of carboxylic acids is 1. The predicted molar refractivity (Wildman–Crippen MR) is 81.7 cm³/mol. The minimum absolute atomic E-state index is 0.0795. The summed E-state index contributed by atoms with van der Waals surface area (Å²) in [6.45, 7) is -1.00. The molecule has 0 saturated carbocycles. The Labute approximate surface area is 142 Å². The summed E-state index contributed by atoms with van der Waals surface area (Å²) in [5.41, 5.74) is -1.87. The van der Waals surface area contributed by atoms with Crippen molar-refractivity contribution in [1.29, 1.82) is 0 Å². The normalized spacial score (nSPS) is 21.1. The number of halogens is 4. The molecule has 1 unspecified atom stereocenters. The number of likely N-dealkylation sites (tertiary alicyclic amines) is 1. The quantitative estimate of drug-likeness (QED) is 0.870. The molecule has 0 bridgehead atoms. The summed E-state index contributed by atoms with van der Waals surface area (Å²) in [6.07, 6.45) is -4.33. The zero-order valence-electron chi connectivity index (χ0n) is 12.8. The Morgan fingerprint density at radius 3 is 2.38 bits per heavy atom. The molecule has 0 aromatic heterocycles. The van der Waals surface area contributed by atoms with Crippen LogP contribution in [0.1, 0.15) is 24.8 Å². The Morgan fingerprint density at radius 1 is 1.25 bits per heavy atom. The van der Waals surface area contributed by atoms with E-state index in [9.17, 15) is 22.8 Å². The number of carbonyl (C=O) groups is 2. The van der Waals surface area contributed by atoms with Crippen molar-refractivity contribution in [3.8, 4) is 0 Å². The van der Waals surface area contributed by atoms with Gasteiger partial charge in [0.05, 0.1) is 0 Å². The van der Waals surface area contributed by atoms with E-state index in [0.717, 1.165) is 10.5 Å². The second kappa shape index (κ2) is 7.01. The molecule has 1 aromatic rings. The minimum Gasteiger partial charge on any atom is -0.481 e. The van der Waals surface area contributed by atoms with E-state index >= 15 is 0 Å². The average molecular weight is 364 g/mol. The Balaban J connectivity index is 1.90. The highest BCUT2D eigenvalue weighted by atomic mass is 35.5. The Hall–Kier alpha value is -1.76. The van der Waals surface area contributed by atoms with E-state index in [1.165, 1.54) is 0 Å². The Bertz CT molecular complexity index is 618. The van der Waals surface area contributed by atoms with E-state index in [1.54, 1.807) is 12.1 Å². The molecule has 1 fully saturated rings. The van der Waals surface area contributed by atoms with Gasteiger partial charge in [-0.15, -0.1) is 0 Å². The maximum atomic E-state index is 13.1. The number of nitrogens with zero attached hydrogens (tertiary/aromatic N) is 1. The molecule has 1 aromatic carbocycles. The molecular weight excluding hydrogens is 347 g/mol. The third-order valence-corrected chi connectivity index (χ3v) is 4.60. The topological polar surface area (TPSA) is 57.6 Å². The number of hydrogen-bond donors (Lipinski definition) is 1. The molecule has 1 saturated heterocycles. The van der Waals surface area contributed by atoms with Crippen LogP contribution in [0.2, 0.25) is 5.02 Å². The van der Waals surface area contributed by atoms with Crippen molar-refractivity contribution in [3.05, 3.63) is 34.9 Å². The van der Waals surface area contributed by atoms with E-state index < -0.39 is 36.4 Å². The number of hydrogen-bond acceptors (Lipinski definition) is 2. The lowest BCUT2D eigenvalue weighted by atomic mass is 9.86. The van der Waals surface area contributed by atoms with Crippen LogP contribution in [0, 0.1) is 5.41 Å². The fourth-order valence-corrected chi connectivity index (χ4v) is 2.93. The fraction of sp³-hybridized carbons (Fsp3) is 0.500. The van der Waals surface area contributed by atoms with Gasteiger partial charge in [-0.25, -0.2) is 0 Å². The number of alkyl halides is 3. The smallest absolute Gasteiger partial charge is 0.406 e. The Kier molecular flexibility index (Phi) is 5.42. The molecule has 0 aliphatic carbocycles. The summed E-state index contributed by atoms with van der Waals surface area (Å²) >= 11 is 5.77. The van der Waals surface area contributed by atoms with Gasteiger partial charge in [-0.05, 0) is 37.0 Å². The summed E-state index contributed by atoms with van der Waals surface area (Å²) in [4.78, 5) is 24.2. The van der Waals surface area contributed by atoms with Gasteiger partial charge in [-0.2, -0.15) is 13.2 Å². The lowest BCUT2D eigenvalue weighted by Gasteiger charge is -2.27. The first kappa shape index (κ1) is 18.6. The van der Waals surface area contributed by atoms with Crippen LogP contribution in [0.3, 0.4) is 0 Å². The molecule has 1 aliphatic heterocycles. The monoisotopic (exact) mass is 363 g/mol. The summed E-state index contributed by atoms with van der Waals surface area (Å²) in [5, 5.41) is 9.58. The zero-order chi connectivity index (χ0) is 18.0. The van der Waals surface area contributed by atoms with Gasteiger partial charge in [-0.3, -0.25) is 9.59 Å². The second-order valence-corrected chi connectivity index (χ2v) is 6.37. The number of carboxylic acid groups (broad SMARTS) is 1. The first-order valence-electron chi connectivity index (χ1n) is 7.48. The second-order valence-electron chi connectivity index (χ2n) is 5.93. The van der Waals surface area contributed by atoms with Gasteiger partial charge in [0, 0.05) is 24.5 Å². The largest absolute Gasteiger partial charge is 0.481 e. The highest BCUT2D eigenvalue weighted by Gasteiger charge is 2.64. The highest BCUT2D eigenvalue weighted by Crippen LogP contribution is 2.45. The van der Waals surface area contributed by atoms with Gasteiger partial charge < -0.3 is 10.0 Å². The maximum absolute atomic E-state index is 13.1. The van der Waals surface area contributed by atoms with Gasteiger partial charge in [0.15, 0.2) is 5.41 Å². The van der Waals surface area contributed by atoms with Crippen molar-refractivity contribution >= 4 is 23.5 Å². The molecule has 1 aliphatic rings. The molecule has 132 valence electrons. The van der Waals surface area contributed by atoms with Crippen LogP contribution in [0.15, 0.2) is 24.3 Å². The van der Waals surface area contributed by atoms with Gasteiger partial charge in [0.2, 0.25) is 5.91 Å². The van der Waals surface area contributed by atoms with E-state index in [0.29, 0.717) is 17.9 Å². The number of benzene rings is 1. The zero-order valence-corrected chi connectivity index (χ0v) is 13.5. The molecule has 0 spiro atoms. The average Bonchev–Trinajstić information content (AvgIpc) is 2.96. The van der Waals surface area contributed by atoms with Crippen LogP contribution >= 0.6 is 11.6 Å². The molecular formula is C16H17ClF3NO3. The van der Waals surface area contributed by atoms with Crippen LogP contribution in [-0.2, 0) is 16.0 Å². The first-order valence-corrected chi connectivity index (χ1v) is 7.86. The first-order chi connectivity index (χ1) is 11.2. The third-order valence-electron chi connectivity index (χ3n) is 4.34. The number of amides is 1. The van der Waals surface area contributed by atoms with E-state index in [-0.39, 0.29) is 13.0 Å². The van der Waals surface area contributed by atoms with Crippen molar-refractivity contribution < 1.29 is 27.9 Å². The van der Waals surface area contributed by atoms with E-state index in [1.807, 2.05) is 12.1 Å². The van der Waals surface area contributed by atoms with Crippen LogP contribution in [0.25, 0.3) is 0 Å². The molecule has 1 N–H and O–H groups in total. The fourth-order valence-electron chi connectivity index (χ4n) is 2.80. The van der Waals surface area contributed by atoms with Crippen LogP contribution < -0.4 is 0 Å². The van der Waals surface area contributed by atoms with Gasteiger partial charge >= 0.3 is 12.1 Å². The molecule has 1 atom stereocenters. The molecule has 24 heavy (non-hydrogen) atoms. The SMILES string of the molecule is O=C(CCCc1ccc(Cl)cc1)N1CCC(C(=O)O)(C(F)(F)F)C1. The lowest BCUT2D eigenvalue weighted by molar-refractivity contribution is -0.227. The lowest BCUT2D eigenvalue weighted by Crippen LogP contribution is -2.47. The number of aliphatic carboxylic acids is 1. The minimum atomic E-state index is -4.88. The molecule has 1 amide bonds. The van der Waals surface area contributed by atoms with Crippen LogP contribution in [0.5, 0.6) is 0 Å². The van der Waals surface area contributed by atoms with Crippen molar-refractivity contribution in [2.45, 2.75) is 31.9 Å². The standard InChI is InChI=1S/C16H17ClF3NO3/c17-12-6-4-11(5-7-12)2-1-3-13(22)21-9-8-15(10-21,14(23)24)16(18,19)20/h4-7H,1-3,8-10H2,(H,23,24). The number of aryl methyl sites for hydroxylation is 1. The van der Waals surface area contributed by atoms with Crippen molar-refractivity contribution in [2.75, 3.05) is 13.1 Å². The highest BCUT2D eigenvalue weighted by molar-refractivity contribution is 6.30. The van der Waals surface area contributed by atoms with Gasteiger partial charge in [-0.1, -0.05) is 23.7 Å². The summed E-state index contributed by atoms with van der Waals surface area (Å²) in [6, 6.07) is 7.09. The van der Waals surface area contributed by atoms with Crippen LogP contribution in [-0.4, -0.2) is 41.1 Å². The van der Waals surface area contributed by atoms with Gasteiger partial charge in [0.25, 0.3) is 0 Å².